The van der Waals surface area contributed by atoms with Gasteiger partial charge in [0, 0.05) is 5.54 Å². The molecule has 0 aromatic heterocycles. The lowest BCUT2D eigenvalue weighted by molar-refractivity contribution is -0.137. The maximum atomic E-state index is 12.6. The molecule has 0 saturated heterocycles. The second-order valence-corrected chi connectivity index (χ2v) is 5.59. The first-order chi connectivity index (χ1) is 8.10. The Morgan fingerprint density at radius 3 is 2.28 bits per heavy atom. The van der Waals surface area contributed by atoms with Gasteiger partial charge in [-0.1, -0.05) is 0 Å². The highest BCUT2D eigenvalue weighted by atomic mass is 19.4. The highest BCUT2D eigenvalue weighted by molar-refractivity contribution is 5.77. The van der Waals surface area contributed by atoms with Gasteiger partial charge >= 0.3 is 6.18 Å². The second-order valence-electron chi connectivity index (χ2n) is 5.59. The van der Waals surface area contributed by atoms with Gasteiger partial charge in [-0.3, -0.25) is 0 Å². The van der Waals surface area contributed by atoms with Gasteiger partial charge in [-0.15, -0.1) is 0 Å². The standard InChI is InChI=1S/C13H17F3N2/c1-8-17-10-7-9(13(14,15)16)5-6-11(10)18(8)12(2,3)4/h5-8,17H,1-4H3/t8-/m1/s1. The van der Waals surface area contributed by atoms with E-state index in [9.17, 15) is 13.2 Å². The van der Waals surface area contributed by atoms with Crippen LogP contribution in [0.15, 0.2) is 18.2 Å². The molecule has 1 aliphatic heterocycles. The van der Waals surface area contributed by atoms with Crippen LogP contribution in [0.2, 0.25) is 0 Å². The van der Waals surface area contributed by atoms with Crippen LogP contribution in [0.4, 0.5) is 24.5 Å². The Morgan fingerprint density at radius 1 is 1.17 bits per heavy atom. The molecule has 0 unspecified atom stereocenters. The number of hydrogen-bond donors (Lipinski definition) is 1. The third-order valence-corrected chi connectivity index (χ3v) is 3.06. The SMILES string of the molecule is C[C@@H]1Nc2cc(C(F)(F)F)ccc2N1C(C)(C)C. The van der Waals surface area contributed by atoms with Crippen LogP contribution in [-0.2, 0) is 6.18 Å². The molecule has 5 heteroatoms. The number of benzene rings is 1. The van der Waals surface area contributed by atoms with Crippen molar-refractivity contribution in [2.24, 2.45) is 0 Å². The van der Waals surface area contributed by atoms with Gasteiger partial charge in [-0.2, -0.15) is 13.2 Å². The normalized spacial score (nSPS) is 19.7. The molecular weight excluding hydrogens is 241 g/mol. The average Bonchev–Trinajstić information content (AvgIpc) is 2.49. The van der Waals surface area contributed by atoms with Crippen molar-refractivity contribution >= 4 is 11.4 Å². The lowest BCUT2D eigenvalue weighted by atomic mass is 10.0. The minimum Gasteiger partial charge on any atom is -0.364 e. The summed E-state index contributed by atoms with van der Waals surface area (Å²) in [5, 5.41) is 3.09. The average molecular weight is 258 g/mol. The molecule has 0 bridgehead atoms. The van der Waals surface area contributed by atoms with Crippen LogP contribution in [0.5, 0.6) is 0 Å². The second kappa shape index (κ2) is 3.80. The zero-order valence-corrected chi connectivity index (χ0v) is 10.9. The van der Waals surface area contributed by atoms with Gasteiger partial charge in [0.05, 0.1) is 23.1 Å². The Kier molecular flexibility index (Phi) is 2.76. The zero-order valence-electron chi connectivity index (χ0n) is 10.9. The molecule has 2 rings (SSSR count). The van der Waals surface area contributed by atoms with E-state index < -0.39 is 11.7 Å². The number of nitrogens with one attached hydrogen (secondary N) is 1. The number of halogens is 3. The van der Waals surface area contributed by atoms with Crippen LogP contribution in [0.1, 0.15) is 33.3 Å². The third-order valence-electron chi connectivity index (χ3n) is 3.06. The van der Waals surface area contributed by atoms with Crippen LogP contribution >= 0.6 is 0 Å². The Morgan fingerprint density at radius 2 is 1.78 bits per heavy atom. The molecular formula is C13H17F3N2. The highest BCUT2D eigenvalue weighted by Crippen LogP contribution is 2.42. The van der Waals surface area contributed by atoms with Gasteiger partial charge in [0.15, 0.2) is 0 Å². The van der Waals surface area contributed by atoms with Gasteiger partial charge < -0.3 is 10.2 Å². The predicted molar refractivity (Wildman–Crippen MR) is 66.8 cm³/mol. The van der Waals surface area contributed by atoms with Gasteiger partial charge in [0.1, 0.15) is 0 Å². The molecule has 0 amide bonds. The van der Waals surface area contributed by atoms with Gasteiger partial charge in [0.2, 0.25) is 0 Å². The number of anilines is 2. The Labute approximate surface area is 105 Å². The fourth-order valence-corrected chi connectivity index (χ4v) is 2.48. The van der Waals surface area contributed by atoms with Crippen LogP contribution in [-0.4, -0.2) is 11.7 Å². The molecule has 0 saturated carbocycles. The Balaban J connectivity index is 2.45. The molecule has 2 nitrogen and oxygen atoms in total. The quantitative estimate of drug-likeness (QED) is 0.754. The fourth-order valence-electron chi connectivity index (χ4n) is 2.48. The monoisotopic (exact) mass is 258 g/mol. The molecule has 18 heavy (non-hydrogen) atoms. The van der Waals surface area contributed by atoms with Crippen molar-refractivity contribution in [1.82, 2.24) is 0 Å². The lowest BCUT2D eigenvalue weighted by Gasteiger charge is -2.37. The molecule has 0 spiro atoms. The number of rotatable bonds is 0. The van der Waals surface area contributed by atoms with E-state index in [0.717, 1.165) is 11.8 Å². The van der Waals surface area contributed by atoms with E-state index in [2.05, 4.69) is 10.2 Å². The van der Waals surface area contributed by atoms with Crippen molar-refractivity contribution in [3.8, 4) is 0 Å². The molecule has 100 valence electrons. The maximum Gasteiger partial charge on any atom is 0.416 e. The summed E-state index contributed by atoms with van der Waals surface area (Å²) in [6, 6.07) is 3.86. The Bertz CT molecular complexity index is 460. The number of hydrogen-bond acceptors (Lipinski definition) is 2. The van der Waals surface area contributed by atoms with Crippen molar-refractivity contribution < 1.29 is 13.2 Å². The van der Waals surface area contributed by atoms with E-state index >= 15 is 0 Å². The number of alkyl halides is 3. The van der Waals surface area contributed by atoms with Crippen molar-refractivity contribution in [1.29, 1.82) is 0 Å². The topological polar surface area (TPSA) is 15.3 Å². The van der Waals surface area contributed by atoms with Crippen molar-refractivity contribution in [2.45, 2.75) is 45.6 Å². The summed E-state index contributed by atoms with van der Waals surface area (Å²) < 4.78 is 37.9. The largest absolute Gasteiger partial charge is 0.416 e. The van der Waals surface area contributed by atoms with Crippen molar-refractivity contribution in [2.75, 3.05) is 10.2 Å². The first-order valence-electron chi connectivity index (χ1n) is 5.88. The molecule has 1 aliphatic rings. The smallest absolute Gasteiger partial charge is 0.364 e. The van der Waals surface area contributed by atoms with Gasteiger partial charge in [-0.25, -0.2) is 0 Å². The minimum atomic E-state index is -4.30. The summed E-state index contributed by atoms with van der Waals surface area (Å²) in [6.45, 7) is 8.06. The van der Waals surface area contributed by atoms with Crippen LogP contribution < -0.4 is 10.2 Å². The van der Waals surface area contributed by atoms with E-state index in [4.69, 9.17) is 0 Å². The summed E-state index contributed by atoms with van der Waals surface area (Å²) in [7, 11) is 0. The van der Waals surface area contributed by atoms with Gasteiger partial charge in [0.25, 0.3) is 0 Å². The zero-order chi connectivity index (χ0) is 13.7. The van der Waals surface area contributed by atoms with E-state index in [1.807, 2.05) is 27.7 Å². The number of nitrogens with zero attached hydrogens (tertiary/aromatic N) is 1. The molecule has 0 radical (unpaired) electrons. The minimum absolute atomic E-state index is 0.0107. The van der Waals surface area contributed by atoms with Crippen molar-refractivity contribution in [3.63, 3.8) is 0 Å². The molecule has 1 atom stereocenters. The van der Waals surface area contributed by atoms with Crippen LogP contribution in [0.3, 0.4) is 0 Å². The maximum absolute atomic E-state index is 12.6. The van der Waals surface area contributed by atoms with E-state index in [1.54, 1.807) is 6.07 Å². The van der Waals surface area contributed by atoms with E-state index in [-0.39, 0.29) is 11.7 Å². The summed E-state index contributed by atoms with van der Waals surface area (Å²) in [5.41, 5.74) is 0.615. The first kappa shape index (κ1) is 13.1. The first-order valence-corrected chi connectivity index (χ1v) is 5.88. The molecule has 0 aliphatic carbocycles. The number of fused-ring (bicyclic) bond motifs is 1. The van der Waals surface area contributed by atoms with Crippen molar-refractivity contribution in [3.05, 3.63) is 23.8 Å². The van der Waals surface area contributed by atoms with Crippen LogP contribution in [0, 0.1) is 0 Å². The van der Waals surface area contributed by atoms with E-state index in [0.29, 0.717) is 5.69 Å². The molecule has 1 N–H and O–H groups in total. The van der Waals surface area contributed by atoms with E-state index in [1.165, 1.54) is 6.07 Å². The third kappa shape index (κ3) is 2.13. The van der Waals surface area contributed by atoms with Gasteiger partial charge in [-0.05, 0) is 45.9 Å². The molecule has 0 fully saturated rings. The summed E-state index contributed by atoms with van der Waals surface area (Å²) >= 11 is 0. The molecule has 1 aromatic carbocycles. The highest BCUT2D eigenvalue weighted by Gasteiger charge is 2.36. The predicted octanol–water partition coefficient (Wildman–Crippen LogP) is 4.08. The summed E-state index contributed by atoms with van der Waals surface area (Å²) in [4.78, 5) is 2.09. The Hall–Kier alpha value is -1.39. The molecule has 1 aromatic rings. The summed E-state index contributed by atoms with van der Waals surface area (Å²) in [6.07, 6.45) is -4.31. The lowest BCUT2D eigenvalue weighted by Crippen LogP contribution is -2.46. The fraction of sp³-hybridized carbons (Fsp3) is 0.538. The van der Waals surface area contributed by atoms with Crippen LogP contribution in [0.25, 0.3) is 0 Å². The summed E-state index contributed by atoms with van der Waals surface area (Å²) in [5.74, 6) is 0. The molecule has 1 heterocycles.